The monoisotopic (exact) mass is 144 g/mol. The molecule has 0 aromatic carbocycles. The number of amides is 1. The Balaban J connectivity index is 2.43. The standard InChI is InChI=1S/C5H8N2O3/c6-4(9)10-3(8)5(7)1-2-5/h1-2,7H2,(H2,6,9). The van der Waals surface area contributed by atoms with Crippen molar-refractivity contribution in [3.63, 3.8) is 0 Å². The molecule has 0 aromatic heterocycles. The van der Waals surface area contributed by atoms with Crippen LogP contribution in [0.15, 0.2) is 0 Å². The second kappa shape index (κ2) is 1.95. The molecule has 1 rings (SSSR count). The second-order valence-corrected chi connectivity index (χ2v) is 2.36. The molecule has 1 aliphatic carbocycles. The second-order valence-electron chi connectivity index (χ2n) is 2.36. The largest absolute Gasteiger partial charge is 0.412 e. The van der Waals surface area contributed by atoms with Crippen molar-refractivity contribution < 1.29 is 14.3 Å². The highest BCUT2D eigenvalue weighted by Crippen LogP contribution is 2.33. The van der Waals surface area contributed by atoms with E-state index >= 15 is 0 Å². The van der Waals surface area contributed by atoms with E-state index in [4.69, 9.17) is 5.73 Å². The van der Waals surface area contributed by atoms with Crippen LogP contribution in [-0.4, -0.2) is 17.6 Å². The topological polar surface area (TPSA) is 95.4 Å². The van der Waals surface area contributed by atoms with Gasteiger partial charge in [0.05, 0.1) is 0 Å². The molecule has 0 spiro atoms. The van der Waals surface area contributed by atoms with E-state index in [1.165, 1.54) is 0 Å². The number of hydrogen-bond acceptors (Lipinski definition) is 4. The van der Waals surface area contributed by atoms with Gasteiger partial charge in [0.2, 0.25) is 0 Å². The lowest BCUT2D eigenvalue weighted by molar-refractivity contribution is -0.139. The molecule has 4 N–H and O–H groups in total. The van der Waals surface area contributed by atoms with Gasteiger partial charge in [-0.15, -0.1) is 0 Å². The van der Waals surface area contributed by atoms with Crippen LogP contribution in [0.25, 0.3) is 0 Å². The molecule has 0 aromatic rings. The van der Waals surface area contributed by atoms with Gasteiger partial charge in [-0.05, 0) is 12.8 Å². The zero-order valence-electron chi connectivity index (χ0n) is 5.29. The lowest BCUT2D eigenvalue weighted by atomic mass is 10.3. The first-order valence-corrected chi connectivity index (χ1v) is 2.85. The van der Waals surface area contributed by atoms with Crippen LogP contribution in [0.1, 0.15) is 12.8 Å². The Morgan fingerprint density at radius 1 is 1.40 bits per heavy atom. The van der Waals surface area contributed by atoms with Crippen molar-refractivity contribution in [2.75, 3.05) is 0 Å². The summed E-state index contributed by atoms with van der Waals surface area (Å²) in [5.41, 5.74) is 9.01. The van der Waals surface area contributed by atoms with E-state index in [9.17, 15) is 9.59 Å². The lowest BCUT2D eigenvalue weighted by Gasteiger charge is -2.03. The number of carbonyl (C=O) groups excluding carboxylic acids is 2. The number of ether oxygens (including phenoxy) is 1. The van der Waals surface area contributed by atoms with Gasteiger partial charge in [-0.25, -0.2) is 9.59 Å². The minimum absolute atomic E-state index is 0.569. The highest BCUT2D eigenvalue weighted by atomic mass is 16.6. The van der Waals surface area contributed by atoms with Gasteiger partial charge in [0.1, 0.15) is 5.54 Å². The first kappa shape index (κ1) is 7.01. The maximum Gasteiger partial charge on any atom is 0.412 e. The molecular formula is C5H8N2O3. The molecule has 0 saturated heterocycles. The number of carbonyl (C=O) groups is 2. The normalized spacial score (nSPS) is 19.7. The predicted octanol–water partition coefficient (Wildman–Crippen LogP) is -0.900. The van der Waals surface area contributed by atoms with Gasteiger partial charge >= 0.3 is 12.1 Å². The fourth-order valence-corrected chi connectivity index (χ4v) is 0.532. The molecule has 56 valence electrons. The first-order valence-electron chi connectivity index (χ1n) is 2.85. The van der Waals surface area contributed by atoms with Gasteiger partial charge in [0.15, 0.2) is 0 Å². The van der Waals surface area contributed by atoms with Crippen LogP contribution in [0.4, 0.5) is 4.79 Å². The summed E-state index contributed by atoms with van der Waals surface area (Å²) in [5, 5.41) is 0. The highest BCUT2D eigenvalue weighted by molar-refractivity contribution is 5.91. The van der Waals surface area contributed by atoms with Crippen molar-refractivity contribution in [2.45, 2.75) is 18.4 Å². The predicted molar refractivity (Wildman–Crippen MR) is 31.8 cm³/mol. The number of esters is 1. The van der Waals surface area contributed by atoms with E-state index < -0.39 is 17.6 Å². The van der Waals surface area contributed by atoms with E-state index in [0.717, 1.165) is 0 Å². The zero-order chi connectivity index (χ0) is 7.78. The highest BCUT2D eigenvalue weighted by Gasteiger charge is 2.48. The molecular weight excluding hydrogens is 136 g/mol. The first-order chi connectivity index (χ1) is 4.54. The number of primary amides is 1. The minimum atomic E-state index is -1.10. The molecule has 0 unspecified atom stereocenters. The maximum atomic E-state index is 10.7. The third-order valence-corrected chi connectivity index (χ3v) is 1.39. The van der Waals surface area contributed by atoms with Crippen molar-refractivity contribution >= 4 is 12.1 Å². The molecule has 1 fully saturated rings. The fraction of sp³-hybridized carbons (Fsp3) is 0.600. The smallest absolute Gasteiger partial charge is 0.375 e. The molecule has 10 heavy (non-hydrogen) atoms. The Labute approximate surface area is 57.3 Å². The number of rotatable bonds is 1. The summed E-state index contributed by atoms with van der Waals surface area (Å²) in [6, 6.07) is 0. The van der Waals surface area contributed by atoms with E-state index in [2.05, 4.69) is 10.5 Å². The van der Waals surface area contributed by atoms with Gasteiger partial charge < -0.3 is 16.2 Å². The summed E-state index contributed by atoms with van der Waals surface area (Å²) < 4.78 is 4.05. The van der Waals surface area contributed by atoms with Crippen molar-refractivity contribution in [3.8, 4) is 0 Å². The van der Waals surface area contributed by atoms with Crippen LogP contribution < -0.4 is 11.5 Å². The molecule has 5 heteroatoms. The van der Waals surface area contributed by atoms with E-state index in [-0.39, 0.29) is 0 Å². The molecule has 1 amide bonds. The molecule has 1 saturated carbocycles. The average molecular weight is 144 g/mol. The third kappa shape index (κ3) is 1.24. The van der Waals surface area contributed by atoms with Crippen molar-refractivity contribution in [3.05, 3.63) is 0 Å². The summed E-state index contributed by atoms with van der Waals surface area (Å²) in [6.45, 7) is 0. The molecule has 1 aliphatic rings. The van der Waals surface area contributed by atoms with Crippen LogP contribution in [-0.2, 0) is 9.53 Å². The Bertz CT molecular complexity index is 185. The zero-order valence-corrected chi connectivity index (χ0v) is 5.29. The summed E-state index contributed by atoms with van der Waals surface area (Å²) in [4.78, 5) is 20.7. The van der Waals surface area contributed by atoms with Crippen LogP contribution >= 0.6 is 0 Å². The number of hydrogen-bond donors (Lipinski definition) is 2. The minimum Gasteiger partial charge on any atom is -0.375 e. The van der Waals surface area contributed by atoms with Crippen LogP contribution in [0.5, 0.6) is 0 Å². The van der Waals surface area contributed by atoms with Gasteiger partial charge in [-0.3, -0.25) is 0 Å². The maximum absolute atomic E-state index is 10.7. The SMILES string of the molecule is NC(=O)OC(=O)C1(N)CC1. The summed E-state index contributed by atoms with van der Waals surface area (Å²) in [7, 11) is 0. The van der Waals surface area contributed by atoms with Crippen LogP contribution in [0, 0.1) is 0 Å². The molecule has 5 nitrogen and oxygen atoms in total. The van der Waals surface area contributed by atoms with E-state index in [0.29, 0.717) is 12.8 Å². The van der Waals surface area contributed by atoms with Crippen LogP contribution in [0.3, 0.4) is 0 Å². The molecule has 0 aliphatic heterocycles. The van der Waals surface area contributed by atoms with E-state index in [1.807, 2.05) is 0 Å². The molecule has 0 bridgehead atoms. The Morgan fingerprint density at radius 2 is 1.90 bits per heavy atom. The van der Waals surface area contributed by atoms with Crippen molar-refractivity contribution in [1.82, 2.24) is 0 Å². The lowest BCUT2D eigenvalue weighted by Crippen LogP contribution is -2.37. The number of nitrogens with two attached hydrogens (primary N) is 2. The van der Waals surface area contributed by atoms with Gasteiger partial charge in [0.25, 0.3) is 0 Å². The molecule has 0 atom stereocenters. The Morgan fingerprint density at radius 3 is 2.20 bits per heavy atom. The van der Waals surface area contributed by atoms with Crippen LogP contribution in [0.2, 0.25) is 0 Å². The summed E-state index contributed by atoms with van der Waals surface area (Å²) >= 11 is 0. The quantitative estimate of drug-likeness (QED) is 0.368. The van der Waals surface area contributed by atoms with Gasteiger partial charge in [-0.2, -0.15) is 0 Å². The summed E-state index contributed by atoms with van der Waals surface area (Å²) in [6.07, 6.45) is 0.0415. The van der Waals surface area contributed by atoms with Crippen molar-refractivity contribution in [1.29, 1.82) is 0 Å². The van der Waals surface area contributed by atoms with Gasteiger partial charge in [-0.1, -0.05) is 0 Å². The Kier molecular flexibility index (Phi) is 1.37. The fourth-order valence-electron chi connectivity index (χ4n) is 0.532. The van der Waals surface area contributed by atoms with Crippen molar-refractivity contribution in [2.24, 2.45) is 11.5 Å². The Hall–Kier alpha value is -1.10. The average Bonchev–Trinajstić information content (AvgIpc) is 2.47. The van der Waals surface area contributed by atoms with E-state index in [1.54, 1.807) is 0 Å². The molecule has 0 radical (unpaired) electrons. The summed E-state index contributed by atoms with van der Waals surface area (Å²) in [5.74, 6) is -0.722. The molecule has 0 heterocycles. The third-order valence-electron chi connectivity index (χ3n) is 1.39. The van der Waals surface area contributed by atoms with Gasteiger partial charge in [0, 0.05) is 0 Å².